The summed E-state index contributed by atoms with van der Waals surface area (Å²) in [7, 11) is 0. The smallest absolute Gasteiger partial charge is 0.272 e. The van der Waals surface area contributed by atoms with Crippen LogP contribution in [0.15, 0.2) is 36.5 Å². The maximum atomic E-state index is 12.4. The third kappa shape index (κ3) is 3.22. The molecular weight excluding hydrogens is 298 g/mol. The summed E-state index contributed by atoms with van der Waals surface area (Å²) in [4.78, 5) is 18.5. The molecular formula is C17H18ClN3O. The van der Waals surface area contributed by atoms with Crippen LogP contribution in [0.3, 0.4) is 0 Å². The fourth-order valence-electron chi connectivity index (χ4n) is 2.63. The Labute approximate surface area is 135 Å². The minimum Gasteiger partial charge on any atom is -0.355 e. The summed E-state index contributed by atoms with van der Waals surface area (Å²) in [6.07, 6.45) is 3.82. The minimum atomic E-state index is 0.00831. The molecule has 0 spiro atoms. The Hall–Kier alpha value is -2.07. The highest BCUT2D eigenvalue weighted by Gasteiger charge is 2.20. The molecule has 0 atom stereocenters. The molecule has 2 aromatic rings. The predicted molar refractivity (Wildman–Crippen MR) is 88.8 cm³/mol. The molecule has 114 valence electrons. The predicted octanol–water partition coefficient (Wildman–Crippen LogP) is 4.02. The van der Waals surface area contributed by atoms with Crippen molar-refractivity contribution >= 4 is 28.9 Å². The zero-order valence-electron chi connectivity index (χ0n) is 12.5. The first kappa shape index (κ1) is 14.9. The van der Waals surface area contributed by atoms with Crippen molar-refractivity contribution in [3.05, 3.63) is 52.8 Å². The quantitative estimate of drug-likeness (QED) is 0.930. The number of benzene rings is 1. The molecule has 5 heteroatoms. The molecule has 3 rings (SSSR count). The normalized spacial score (nSPS) is 14.2. The first-order chi connectivity index (χ1) is 10.6. The lowest BCUT2D eigenvalue weighted by molar-refractivity contribution is 0.0787. The van der Waals surface area contributed by atoms with Crippen molar-refractivity contribution in [1.29, 1.82) is 0 Å². The summed E-state index contributed by atoms with van der Waals surface area (Å²) in [5, 5.41) is 4.03. The monoisotopic (exact) mass is 315 g/mol. The second-order valence-corrected chi connectivity index (χ2v) is 5.95. The third-order valence-corrected chi connectivity index (χ3v) is 4.07. The van der Waals surface area contributed by atoms with Crippen molar-refractivity contribution in [2.45, 2.75) is 19.8 Å². The Morgan fingerprint density at radius 3 is 2.73 bits per heavy atom. The molecule has 0 radical (unpaired) electrons. The van der Waals surface area contributed by atoms with Gasteiger partial charge in [-0.2, -0.15) is 0 Å². The van der Waals surface area contributed by atoms with Gasteiger partial charge in [-0.05, 0) is 55.7 Å². The molecule has 1 amide bonds. The number of nitrogens with one attached hydrogen (secondary N) is 1. The number of carbonyl (C=O) groups is 1. The van der Waals surface area contributed by atoms with Crippen molar-refractivity contribution < 1.29 is 4.79 Å². The van der Waals surface area contributed by atoms with E-state index in [4.69, 9.17) is 11.6 Å². The number of likely N-dealkylation sites (tertiary alicyclic amines) is 1. The highest BCUT2D eigenvalue weighted by Crippen LogP contribution is 2.24. The van der Waals surface area contributed by atoms with Crippen LogP contribution in [0.1, 0.15) is 28.9 Å². The van der Waals surface area contributed by atoms with E-state index < -0.39 is 0 Å². The molecule has 1 saturated heterocycles. The maximum absolute atomic E-state index is 12.4. The summed E-state index contributed by atoms with van der Waals surface area (Å²) >= 11 is 5.97. The number of hydrogen-bond acceptors (Lipinski definition) is 3. The average Bonchev–Trinajstić information content (AvgIpc) is 3.04. The summed E-state index contributed by atoms with van der Waals surface area (Å²) in [5.41, 5.74) is 3.35. The van der Waals surface area contributed by atoms with E-state index in [1.807, 2.05) is 36.1 Å². The lowest BCUT2D eigenvalue weighted by atomic mass is 10.2. The molecule has 0 saturated carbocycles. The van der Waals surface area contributed by atoms with Crippen molar-refractivity contribution in [3.8, 4) is 0 Å². The van der Waals surface area contributed by atoms with Gasteiger partial charge in [0.25, 0.3) is 5.91 Å². The Morgan fingerprint density at radius 2 is 2.00 bits per heavy atom. The summed E-state index contributed by atoms with van der Waals surface area (Å²) in [5.74, 6) is 0.00831. The molecule has 0 aliphatic carbocycles. The topological polar surface area (TPSA) is 45.2 Å². The standard InChI is InChI=1S/C17H18ClN3O/c1-12-10-13(18)4-5-15(12)20-14-6-7-19-16(11-14)17(22)21-8-2-3-9-21/h4-7,10-11H,2-3,8-9H2,1H3,(H,19,20). The van der Waals surface area contributed by atoms with E-state index in [2.05, 4.69) is 10.3 Å². The van der Waals surface area contributed by atoms with Gasteiger partial charge in [0.1, 0.15) is 5.69 Å². The van der Waals surface area contributed by atoms with Gasteiger partial charge in [-0.15, -0.1) is 0 Å². The number of carbonyl (C=O) groups excluding carboxylic acids is 1. The van der Waals surface area contributed by atoms with Crippen LogP contribution < -0.4 is 5.32 Å². The Bertz CT molecular complexity index is 696. The van der Waals surface area contributed by atoms with Crippen LogP contribution in [0, 0.1) is 6.92 Å². The fourth-order valence-corrected chi connectivity index (χ4v) is 2.86. The van der Waals surface area contributed by atoms with Gasteiger partial charge in [0.2, 0.25) is 0 Å². The first-order valence-electron chi connectivity index (χ1n) is 7.42. The highest BCUT2D eigenvalue weighted by molar-refractivity contribution is 6.30. The van der Waals surface area contributed by atoms with Gasteiger partial charge in [-0.3, -0.25) is 9.78 Å². The zero-order valence-corrected chi connectivity index (χ0v) is 13.2. The van der Waals surface area contributed by atoms with E-state index in [1.165, 1.54) is 0 Å². The number of nitrogens with zero attached hydrogens (tertiary/aromatic N) is 2. The Kier molecular flexibility index (Phi) is 4.29. The molecule has 2 heterocycles. The molecule has 1 aromatic heterocycles. The second-order valence-electron chi connectivity index (χ2n) is 5.51. The van der Waals surface area contributed by atoms with Crippen molar-refractivity contribution in [2.75, 3.05) is 18.4 Å². The van der Waals surface area contributed by atoms with Crippen LogP contribution in [-0.4, -0.2) is 28.9 Å². The Morgan fingerprint density at radius 1 is 1.23 bits per heavy atom. The van der Waals surface area contributed by atoms with E-state index in [-0.39, 0.29) is 5.91 Å². The highest BCUT2D eigenvalue weighted by atomic mass is 35.5. The molecule has 1 aromatic carbocycles. The first-order valence-corrected chi connectivity index (χ1v) is 7.80. The zero-order chi connectivity index (χ0) is 15.5. The third-order valence-electron chi connectivity index (χ3n) is 3.84. The van der Waals surface area contributed by atoms with Crippen LogP contribution in [0.4, 0.5) is 11.4 Å². The number of rotatable bonds is 3. The summed E-state index contributed by atoms with van der Waals surface area (Å²) < 4.78 is 0. The van der Waals surface area contributed by atoms with Gasteiger partial charge in [0.05, 0.1) is 0 Å². The maximum Gasteiger partial charge on any atom is 0.272 e. The lowest BCUT2D eigenvalue weighted by Gasteiger charge is -2.15. The van der Waals surface area contributed by atoms with Gasteiger partial charge in [-0.1, -0.05) is 11.6 Å². The minimum absolute atomic E-state index is 0.00831. The molecule has 0 unspecified atom stereocenters. The van der Waals surface area contributed by atoms with Crippen LogP contribution in [0.25, 0.3) is 0 Å². The number of aromatic nitrogens is 1. The summed E-state index contributed by atoms with van der Waals surface area (Å²) in [6.45, 7) is 3.65. The van der Waals surface area contributed by atoms with Crippen molar-refractivity contribution in [1.82, 2.24) is 9.88 Å². The van der Waals surface area contributed by atoms with E-state index in [0.717, 1.165) is 42.9 Å². The molecule has 4 nitrogen and oxygen atoms in total. The van der Waals surface area contributed by atoms with E-state index >= 15 is 0 Å². The van der Waals surface area contributed by atoms with Crippen LogP contribution in [0.2, 0.25) is 5.02 Å². The van der Waals surface area contributed by atoms with Gasteiger partial charge in [0.15, 0.2) is 0 Å². The van der Waals surface area contributed by atoms with Crippen LogP contribution in [-0.2, 0) is 0 Å². The fraction of sp³-hybridized carbons (Fsp3) is 0.294. The molecule has 0 bridgehead atoms. The number of aryl methyl sites for hydroxylation is 1. The van der Waals surface area contributed by atoms with E-state index in [9.17, 15) is 4.79 Å². The van der Waals surface area contributed by atoms with Gasteiger partial charge in [-0.25, -0.2) is 0 Å². The number of anilines is 2. The molecule has 1 aliphatic rings. The number of hydrogen-bond donors (Lipinski definition) is 1. The SMILES string of the molecule is Cc1cc(Cl)ccc1Nc1ccnc(C(=O)N2CCCC2)c1. The lowest BCUT2D eigenvalue weighted by Crippen LogP contribution is -2.28. The molecule has 1 aliphatic heterocycles. The van der Waals surface area contributed by atoms with Crippen LogP contribution in [0.5, 0.6) is 0 Å². The average molecular weight is 316 g/mol. The van der Waals surface area contributed by atoms with Gasteiger partial charge < -0.3 is 10.2 Å². The Balaban J connectivity index is 1.80. The van der Waals surface area contributed by atoms with Gasteiger partial charge in [0, 0.05) is 35.7 Å². The van der Waals surface area contributed by atoms with Crippen LogP contribution >= 0.6 is 11.6 Å². The van der Waals surface area contributed by atoms with Gasteiger partial charge >= 0.3 is 0 Å². The molecule has 22 heavy (non-hydrogen) atoms. The largest absolute Gasteiger partial charge is 0.355 e. The van der Waals surface area contributed by atoms with Crippen molar-refractivity contribution in [3.63, 3.8) is 0 Å². The molecule has 1 fully saturated rings. The van der Waals surface area contributed by atoms with E-state index in [0.29, 0.717) is 10.7 Å². The second kappa shape index (κ2) is 6.36. The number of amides is 1. The summed E-state index contributed by atoms with van der Waals surface area (Å²) in [6, 6.07) is 9.33. The van der Waals surface area contributed by atoms with E-state index in [1.54, 1.807) is 12.3 Å². The van der Waals surface area contributed by atoms with Crippen molar-refractivity contribution in [2.24, 2.45) is 0 Å². The number of halogens is 1. The number of pyridine rings is 1. The molecule has 1 N–H and O–H groups in total.